The minimum Gasteiger partial charge on any atom is -0.297 e. The molecule has 0 radical (unpaired) electrons. The molecule has 1 heterocycles. The van der Waals surface area contributed by atoms with Gasteiger partial charge >= 0.3 is 0 Å². The highest BCUT2D eigenvalue weighted by molar-refractivity contribution is 6.23. The van der Waals surface area contributed by atoms with E-state index in [4.69, 9.17) is 0 Å². The molecule has 4 rings (SSSR count). The van der Waals surface area contributed by atoms with Crippen LogP contribution in [0.2, 0.25) is 0 Å². The Labute approximate surface area is 109 Å². The molecule has 1 aliphatic heterocycles. The second kappa shape index (κ2) is 3.41. The topological polar surface area (TPSA) is 54.5 Å². The third-order valence-electron chi connectivity index (χ3n) is 4.34. The minimum absolute atomic E-state index is 0.0181. The fraction of sp³-hybridized carbons (Fsp3) is 0.267. The standard InChI is InChI=1S/C15H11NO3/c17-13-9-7-3-6-8(9)12(13)16-14(18)10-4-1-2-5-11(10)15(16)19/h1-6,8-9,12H,7H2/t8-,9+,12-/m1/s1. The zero-order valence-electron chi connectivity index (χ0n) is 10.1. The fourth-order valence-corrected chi connectivity index (χ4v) is 3.36. The van der Waals surface area contributed by atoms with Gasteiger partial charge in [0.2, 0.25) is 0 Å². The predicted molar refractivity (Wildman–Crippen MR) is 66.5 cm³/mol. The summed E-state index contributed by atoms with van der Waals surface area (Å²) in [5.74, 6) is -0.649. The highest BCUT2D eigenvalue weighted by Gasteiger charge is 2.57. The molecule has 1 aromatic rings. The van der Waals surface area contributed by atoms with Gasteiger partial charge in [-0.1, -0.05) is 24.3 Å². The number of imide groups is 1. The van der Waals surface area contributed by atoms with Gasteiger partial charge in [0.15, 0.2) is 5.78 Å². The van der Waals surface area contributed by atoms with Crippen molar-refractivity contribution in [2.45, 2.75) is 12.5 Å². The van der Waals surface area contributed by atoms with Crippen LogP contribution in [0.5, 0.6) is 0 Å². The van der Waals surface area contributed by atoms with Gasteiger partial charge in [0.25, 0.3) is 11.8 Å². The monoisotopic (exact) mass is 253 g/mol. The Balaban J connectivity index is 1.75. The van der Waals surface area contributed by atoms with E-state index in [0.717, 1.165) is 11.3 Å². The normalized spacial score (nSPS) is 31.5. The molecule has 2 amide bonds. The van der Waals surface area contributed by atoms with Gasteiger partial charge in [-0.15, -0.1) is 0 Å². The smallest absolute Gasteiger partial charge is 0.262 e. The summed E-state index contributed by atoms with van der Waals surface area (Å²) < 4.78 is 0. The number of carbonyl (C=O) groups excluding carboxylic acids is 3. The Morgan fingerprint density at radius 3 is 2.26 bits per heavy atom. The number of fused-ring (bicyclic) bond motifs is 2. The first-order chi connectivity index (χ1) is 9.20. The van der Waals surface area contributed by atoms with Crippen LogP contribution < -0.4 is 0 Å². The van der Waals surface area contributed by atoms with E-state index in [1.54, 1.807) is 24.3 Å². The summed E-state index contributed by atoms with van der Waals surface area (Å²) >= 11 is 0. The van der Waals surface area contributed by atoms with E-state index in [1.807, 2.05) is 12.2 Å². The molecular weight excluding hydrogens is 242 g/mol. The van der Waals surface area contributed by atoms with Crippen LogP contribution in [0.25, 0.3) is 0 Å². The number of carbonyl (C=O) groups is 3. The highest BCUT2D eigenvalue weighted by Crippen LogP contribution is 2.44. The summed E-state index contributed by atoms with van der Waals surface area (Å²) in [6, 6.07) is 6.15. The van der Waals surface area contributed by atoms with Crippen molar-refractivity contribution in [2.75, 3.05) is 0 Å². The molecule has 0 aromatic heterocycles. The first-order valence-corrected chi connectivity index (χ1v) is 6.37. The highest BCUT2D eigenvalue weighted by atomic mass is 16.2. The van der Waals surface area contributed by atoms with Gasteiger partial charge in [0, 0.05) is 11.8 Å². The molecule has 4 nitrogen and oxygen atoms in total. The van der Waals surface area contributed by atoms with Crippen molar-refractivity contribution in [2.24, 2.45) is 11.8 Å². The average Bonchev–Trinajstić information content (AvgIpc) is 2.96. The average molecular weight is 253 g/mol. The van der Waals surface area contributed by atoms with Crippen molar-refractivity contribution < 1.29 is 14.4 Å². The Morgan fingerprint density at radius 2 is 1.63 bits per heavy atom. The van der Waals surface area contributed by atoms with Crippen LogP contribution in [0, 0.1) is 11.8 Å². The van der Waals surface area contributed by atoms with Gasteiger partial charge in [-0.3, -0.25) is 19.3 Å². The van der Waals surface area contributed by atoms with E-state index < -0.39 is 6.04 Å². The maximum Gasteiger partial charge on any atom is 0.262 e. The lowest BCUT2D eigenvalue weighted by Crippen LogP contribution is -2.60. The molecule has 3 aliphatic rings. The first kappa shape index (κ1) is 10.7. The minimum atomic E-state index is -0.587. The third-order valence-corrected chi connectivity index (χ3v) is 4.34. The molecule has 0 unspecified atom stereocenters. The molecule has 94 valence electrons. The van der Waals surface area contributed by atoms with E-state index in [1.165, 1.54) is 0 Å². The molecule has 0 bridgehead atoms. The lowest BCUT2D eigenvalue weighted by molar-refractivity contribution is -0.139. The van der Waals surface area contributed by atoms with Crippen LogP contribution in [-0.4, -0.2) is 28.5 Å². The molecule has 1 saturated carbocycles. The van der Waals surface area contributed by atoms with Crippen LogP contribution >= 0.6 is 0 Å². The summed E-state index contributed by atoms with van der Waals surface area (Å²) in [7, 11) is 0. The van der Waals surface area contributed by atoms with Gasteiger partial charge in [0.1, 0.15) is 6.04 Å². The summed E-state index contributed by atoms with van der Waals surface area (Å²) in [4.78, 5) is 37.9. The Hall–Kier alpha value is -2.23. The van der Waals surface area contributed by atoms with E-state index in [9.17, 15) is 14.4 Å². The summed E-state index contributed by atoms with van der Waals surface area (Å²) in [6.45, 7) is 0. The van der Waals surface area contributed by atoms with Gasteiger partial charge < -0.3 is 0 Å². The number of ketones is 1. The van der Waals surface area contributed by atoms with Gasteiger partial charge in [-0.25, -0.2) is 0 Å². The zero-order valence-corrected chi connectivity index (χ0v) is 10.1. The van der Waals surface area contributed by atoms with E-state index in [2.05, 4.69) is 0 Å². The summed E-state index contributed by atoms with van der Waals surface area (Å²) in [5, 5.41) is 0. The maximum absolute atomic E-state index is 12.3. The van der Waals surface area contributed by atoms with E-state index in [0.29, 0.717) is 11.1 Å². The van der Waals surface area contributed by atoms with Crippen molar-refractivity contribution in [3.8, 4) is 0 Å². The predicted octanol–water partition coefficient (Wildman–Crippen LogP) is 1.43. The number of Topliss-reactive ketones (excluding diaryl/α,β-unsaturated/α-hetero) is 1. The second-order valence-electron chi connectivity index (χ2n) is 5.22. The Kier molecular flexibility index (Phi) is 1.91. The fourth-order valence-electron chi connectivity index (χ4n) is 3.36. The Morgan fingerprint density at radius 1 is 1.00 bits per heavy atom. The number of allylic oxidation sites excluding steroid dienone is 1. The van der Waals surface area contributed by atoms with Crippen LogP contribution in [0.1, 0.15) is 27.1 Å². The van der Waals surface area contributed by atoms with Gasteiger partial charge in [-0.2, -0.15) is 0 Å². The zero-order chi connectivity index (χ0) is 13.1. The SMILES string of the molecule is O=C1[C@H]2CC=C[C@H]2[C@H]1N1C(=O)c2ccccc2C1=O. The lowest BCUT2D eigenvalue weighted by atomic mass is 9.69. The molecule has 0 N–H and O–H groups in total. The lowest BCUT2D eigenvalue weighted by Gasteiger charge is -2.42. The van der Waals surface area contributed by atoms with Crippen molar-refractivity contribution in [1.29, 1.82) is 0 Å². The molecule has 1 fully saturated rings. The molecule has 0 spiro atoms. The van der Waals surface area contributed by atoms with Crippen LogP contribution in [0.3, 0.4) is 0 Å². The van der Waals surface area contributed by atoms with Crippen molar-refractivity contribution in [1.82, 2.24) is 4.90 Å². The van der Waals surface area contributed by atoms with Crippen LogP contribution in [0.15, 0.2) is 36.4 Å². The largest absolute Gasteiger partial charge is 0.297 e. The van der Waals surface area contributed by atoms with Crippen molar-refractivity contribution >= 4 is 17.6 Å². The first-order valence-electron chi connectivity index (χ1n) is 6.37. The molecule has 3 atom stereocenters. The van der Waals surface area contributed by atoms with Crippen LogP contribution in [-0.2, 0) is 4.79 Å². The van der Waals surface area contributed by atoms with Crippen molar-refractivity contribution in [3.05, 3.63) is 47.5 Å². The van der Waals surface area contributed by atoms with Gasteiger partial charge in [0.05, 0.1) is 11.1 Å². The Bertz CT molecular complexity index is 626. The maximum atomic E-state index is 12.3. The molecule has 4 heteroatoms. The number of hydrogen-bond donors (Lipinski definition) is 0. The third kappa shape index (κ3) is 1.16. The molecule has 1 aromatic carbocycles. The van der Waals surface area contributed by atoms with Crippen LogP contribution in [0.4, 0.5) is 0 Å². The number of benzene rings is 1. The number of nitrogens with zero attached hydrogens (tertiary/aromatic N) is 1. The number of rotatable bonds is 1. The number of hydrogen-bond acceptors (Lipinski definition) is 3. The molecule has 0 saturated heterocycles. The molecule has 19 heavy (non-hydrogen) atoms. The summed E-state index contributed by atoms with van der Waals surface area (Å²) in [6.07, 6.45) is 4.66. The molecular formula is C15H11NO3. The van der Waals surface area contributed by atoms with Crippen molar-refractivity contribution in [3.63, 3.8) is 0 Å². The quantitative estimate of drug-likeness (QED) is 0.562. The van der Waals surface area contributed by atoms with E-state index >= 15 is 0 Å². The van der Waals surface area contributed by atoms with E-state index in [-0.39, 0.29) is 29.4 Å². The summed E-state index contributed by atoms with van der Waals surface area (Å²) in [5.41, 5.74) is 0.816. The number of amides is 2. The molecule has 2 aliphatic carbocycles. The van der Waals surface area contributed by atoms with Gasteiger partial charge in [-0.05, 0) is 18.6 Å². The second-order valence-corrected chi connectivity index (χ2v) is 5.22.